The van der Waals surface area contributed by atoms with Gasteiger partial charge in [0.2, 0.25) is 0 Å². The van der Waals surface area contributed by atoms with E-state index in [9.17, 15) is 4.79 Å². The molecule has 0 saturated carbocycles. The summed E-state index contributed by atoms with van der Waals surface area (Å²) in [6.45, 7) is 8.64. The third kappa shape index (κ3) is 21.3. The summed E-state index contributed by atoms with van der Waals surface area (Å²) in [4.78, 5) is 11.3. The third-order valence-corrected chi connectivity index (χ3v) is 3.82. The van der Waals surface area contributed by atoms with Crippen molar-refractivity contribution in [3.8, 4) is 0 Å². The second kappa shape index (κ2) is 21.4. The van der Waals surface area contributed by atoms with Crippen LogP contribution in [0.15, 0.2) is 0 Å². The Labute approximate surface area is 154 Å². The molecule has 0 spiro atoms. The Bertz CT molecular complexity index is 271. The number of hydrogen-bond donors (Lipinski definition) is 0. The molecule has 0 amide bonds. The molecule has 5 heteroatoms. The Morgan fingerprint density at radius 3 is 1.72 bits per heavy atom. The Morgan fingerprint density at radius 2 is 1.08 bits per heavy atom. The van der Waals surface area contributed by atoms with Crippen LogP contribution < -0.4 is 0 Å². The van der Waals surface area contributed by atoms with Crippen molar-refractivity contribution >= 4 is 5.97 Å². The van der Waals surface area contributed by atoms with Gasteiger partial charge < -0.3 is 18.9 Å². The summed E-state index contributed by atoms with van der Waals surface area (Å²) in [5.41, 5.74) is 0. The third-order valence-electron chi connectivity index (χ3n) is 3.82. The zero-order chi connectivity index (χ0) is 18.4. The molecule has 0 fully saturated rings. The van der Waals surface area contributed by atoms with Crippen molar-refractivity contribution in [1.29, 1.82) is 0 Å². The van der Waals surface area contributed by atoms with Crippen molar-refractivity contribution in [3.63, 3.8) is 0 Å². The second-order valence-corrected chi connectivity index (χ2v) is 6.28. The van der Waals surface area contributed by atoms with E-state index in [0.29, 0.717) is 52.5 Å². The van der Waals surface area contributed by atoms with E-state index in [1.807, 2.05) is 0 Å². The molecule has 0 aromatic heterocycles. The molecule has 0 aliphatic heterocycles. The van der Waals surface area contributed by atoms with Crippen LogP contribution in [0.25, 0.3) is 0 Å². The molecule has 0 rings (SSSR count). The number of unbranched alkanes of at least 4 members (excludes halogenated alkanes) is 6. The zero-order valence-electron chi connectivity index (χ0n) is 16.6. The summed E-state index contributed by atoms with van der Waals surface area (Å²) in [7, 11) is 0. The maximum atomic E-state index is 11.3. The predicted molar refractivity (Wildman–Crippen MR) is 101 cm³/mol. The molecule has 0 heterocycles. The minimum absolute atomic E-state index is 0.129. The van der Waals surface area contributed by atoms with E-state index in [1.54, 1.807) is 0 Å². The van der Waals surface area contributed by atoms with E-state index in [4.69, 9.17) is 18.9 Å². The molecule has 0 atom stereocenters. The van der Waals surface area contributed by atoms with Gasteiger partial charge in [-0.1, -0.05) is 52.4 Å². The SMILES string of the molecule is CCCCCCCCOCCOCCOCCCC(=O)OCCCC. The quantitative estimate of drug-likeness (QED) is 0.236. The molecule has 5 nitrogen and oxygen atoms in total. The fourth-order valence-corrected chi connectivity index (χ4v) is 2.25. The highest BCUT2D eigenvalue weighted by molar-refractivity contribution is 5.69. The Morgan fingerprint density at radius 1 is 0.560 bits per heavy atom. The van der Waals surface area contributed by atoms with Gasteiger partial charge in [0.25, 0.3) is 0 Å². The number of ether oxygens (including phenoxy) is 4. The van der Waals surface area contributed by atoms with E-state index < -0.39 is 0 Å². The molecule has 0 aliphatic rings. The smallest absolute Gasteiger partial charge is 0.305 e. The number of carbonyl (C=O) groups is 1. The Hall–Kier alpha value is -0.650. The first-order valence-corrected chi connectivity index (χ1v) is 10.2. The van der Waals surface area contributed by atoms with Gasteiger partial charge in [-0.05, 0) is 19.3 Å². The second-order valence-electron chi connectivity index (χ2n) is 6.28. The Balaban J connectivity index is 3.06. The molecule has 0 N–H and O–H groups in total. The van der Waals surface area contributed by atoms with Gasteiger partial charge in [0.15, 0.2) is 0 Å². The number of carbonyl (C=O) groups excluding carboxylic acids is 1. The van der Waals surface area contributed by atoms with Gasteiger partial charge in [0.1, 0.15) is 0 Å². The molecule has 0 radical (unpaired) electrons. The minimum Gasteiger partial charge on any atom is -0.466 e. The van der Waals surface area contributed by atoms with Gasteiger partial charge in [-0.15, -0.1) is 0 Å². The largest absolute Gasteiger partial charge is 0.466 e. The van der Waals surface area contributed by atoms with E-state index in [-0.39, 0.29) is 5.97 Å². The van der Waals surface area contributed by atoms with Crippen LogP contribution in [0.4, 0.5) is 0 Å². The monoisotopic (exact) mass is 360 g/mol. The maximum absolute atomic E-state index is 11.3. The Kier molecular flexibility index (Phi) is 20.8. The summed E-state index contributed by atoms with van der Waals surface area (Å²) in [5, 5.41) is 0. The van der Waals surface area contributed by atoms with E-state index in [1.165, 1.54) is 32.1 Å². The highest BCUT2D eigenvalue weighted by Crippen LogP contribution is 2.04. The fraction of sp³-hybridized carbons (Fsp3) is 0.950. The first-order valence-electron chi connectivity index (χ1n) is 10.2. The molecule has 150 valence electrons. The first kappa shape index (κ1) is 24.4. The van der Waals surface area contributed by atoms with Crippen LogP contribution >= 0.6 is 0 Å². The summed E-state index contributed by atoms with van der Waals surface area (Å²) in [5.74, 6) is -0.129. The van der Waals surface area contributed by atoms with Crippen molar-refractivity contribution in [2.45, 2.75) is 78.1 Å². The molecule has 25 heavy (non-hydrogen) atoms. The lowest BCUT2D eigenvalue weighted by molar-refractivity contribution is -0.144. The minimum atomic E-state index is -0.129. The molecular weight excluding hydrogens is 320 g/mol. The van der Waals surface area contributed by atoms with Crippen molar-refractivity contribution in [2.75, 3.05) is 46.2 Å². The summed E-state index contributed by atoms with van der Waals surface area (Å²) in [6, 6.07) is 0. The van der Waals surface area contributed by atoms with Crippen molar-refractivity contribution in [3.05, 3.63) is 0 Å². The van der Waals surface area contributed by atoms with E-state index >= 15 is 0 Å². The lowest BCUT2D eigenvalue weighted by Crippen LogP contribution is -2.11. The van der Waals surface area contributed by atoms with Crippen LogP contribution in [-0.2, 0) is 23.7 Å². The van der Waals surface area contributed by atoms with Crippen LogP contribution in [0.1, 0.15) is 78.1 Å². The summed E-state index contributed by atoms with van der Waals surface area (Å²) >= 11 is 0. The van der Waals surface area contributed by atoms with Crippen LogP contribution in [0, 0.1) is 0 Å². The van der Waals surface area contributed by atoms with Gasteiger partial charge in [0, 0.05) is 19.6 Å². The summed E-state index contributed by atoms with van der Waals surface area (Å²) < 4.78 is 21.5. The molecule has 0 aromatic rings. The van der Waals surface area contributed by atoms with Crippen LogP contribution in [0.3, 0.4) is 0 Å². The average molecular weight is 361 g/mol. The normalized spacial score (nSPS) is 11.0. The number of hydrogen-bond acceptors (Lipinski definition) is 5. The maximum Gasteiger partial charge on any atom is 0.305 e. The predicted octanol–water partition coefficient (Wildman–Crippen LogP) is 4.52. The molecule has 0 saturated heterocycles. The van der Waals surface area contributed by atoms with Gasteiger partial charge in [-0.3, -0.25) is 4.79 Å². The fourth-order valence-electron chi connectivity index (χ4n) is 2.25. The van der Waals surface area contributed by atoms with Crippen molar-refractivity contribution in [1.82, 2.24) is 0 Å². The van der Waals surface area contributed by atoms with Crippen LogP contribution in [-0.4, -0.2) is 52.2 Å². The molecular formula is C20H40O5. The van der Waals surface area contributed by atoms with Crippen LogP contribution in [0.5, 0.6) is 0 Å². The highest BCUT2D eigenvalue weighted by Gasteiger charge is 2.01. The molecule has 0 bridgehead atoms. The highest BCUT2D eigenvalue weighted by atomic mass is 16.5. The van der Waals surface area contributed by atoms with Crippen LogP contribution in [0.2, 0.25) is 0 Å². The molecule has 0 unspecified atom stereocenters. The lowest BCUT2D eigenvalue weighted by Gasteiger charge is -2.07. The first-order chi connectivity index (χ1) is 12.3. The van der Waals surface area contributed by atoms with Gasteiger partial charge in [0.05, 0.1) is 33.0 Å². The van der Waals surface area contributed by atoms with E-state index in [0.717, 1.165) is 25.9 Å². The number of rotatable bonds is 20. The lowest BCUT2D eigenvalue weighted by atomic mass is 10.1. The molecule has 0 aromatic carbocycles. The standard InChI is InChI=1S/C20H40O5/c1-3-5-7-8-9-10-13-22-16-18-24-19-17-23-14-11-12-20(21)25-15-6-4-2/h3-19H2,1-2H3. The van der Waals surface area contributed by atoms with Gasteiger partial charge in [-0.2, -0.15) is 0 Å². The summed E-state index contributed by atoms with van der Waals surface area (Å²) in [6.07, 6.45) is 10.8. The van der Waals surface area contributed by atoms with E-state index in [2.05, 4.69) is 13.8 Å². The average Bonchev–Trinajstić information content (AvgIpc) is 2.61. The molecule has 0 aliphatic carbocycles. The topological polar surface area (TPSA) is 54.0 Å². The van der Waals surface area contributed by atoms with Gasteiger partial charge in [-0.25, -0.2) is 0 Å². The zero-order valence-corrected chi connectivity index (χ0v) is 16.6. The van der Waals surface area contributed by atoms with Crippen molar-refractivity contribution < 1.29 is 23.7 Å². The van der Waals surface area contributed by atoms with Gasteiger partial charge >= 0.3 is 5.97 Å². The number of esters is 1. The van der Waals surface area contributed by atoms with Crippen molar-refractivity contribution in [2.24, 2.45) is 0 Å².